The quantitative estimate of drug-likeness (QED) is 0.177. The summed E-state index contributed by atoms with van der Waals surface area (Å²) in [6, 6.07) is 28.8. The molecule has 3 nitrogen and oxygen atoms in total. The normalized spacial score (nSPS) is 11.6. The zero-order valence-electron chi connectivity index (χ0n) is 18.3. The van der Waals surface area contributed by atoms with Gasteiger partial charge in [-0.2, -0.15) is 0 Å². The van der Waals surface area contributed by atoms with Gasteiger partial charge in [0.1, 0.15) is 5.75 Å². The Morgan fingerprint density at radius 2 is 1.19 bits per heavy atom. The third-order valence-electron chi connectivity index (χ3n) is 5.97. The van der Waals surface area contributed by atoms with E-state index in [1.165, 1.54) is 43.2 Å². The van der Waals surface area contributed by atoms with Crippen LogP contribution in [0.2, 0.25) is 0 Å². The Morgan fingerprint density at radius 1 is 0.677 bits per heavy atom. The van der Waals surface area contributed by atoms with Gasteiger partial charge in [0.2, 0.25) is 0 Å². The number of rotatable bonds is 12. The van der Waals surface area contributed by atoms with E-state index in [1.807, 2.05) is 30.3 Å². The topological polar surface area (TPSA) is 49.7 Å². The molecule has 0 radical (unpaired) electrons. The van der Waals surface area contributed by atoms with E-state index in [-0.39, 0.29) is 0 Å². The molecule has 0 unspecified atom stereocenters. The van der Waals surface area contributed by atoms with Gasteiger partial charge in [0.25, 0.3) is 0 Å². The molecule has 0 saturated carbocycles. The van der Waals surface area contributed by atoms with Gasteiger partial charge in [0.15, 0.2) is 0 Å². The molecule has 31 heavy (non-hydrogen) atoms. The monoisotopic (exact) mass is 436 g/mol. The second-order valence-corrected chi connectivity index (χ2v) is 8.68. The maximum absolute atomic E-state index is 9.63. The van der Waals surface area contributed by atoms with Crippen molar-refractivity contribution in [2.45, 2.75) is 57.3 Å². The molecule has 3 rings (SSSR count). The van der Waals surface area contributed by atoms with Gasteiger partial charge in [-0.1, -0.05) is 124 Å². The lowest BCUT2D eigenvalue weighted by atomic mass is 9.66. The summed E-state index contributed by atoms with van der Waals surface area (Å²) in [5.41, 5.74) is 2.91. The van der Waals surface area contributed by atoms with Crippen LogP contribution in [-0.4, -0.2) is 9.79 Å². The van der Waals surface area contributed by atoms with Crippen molar-refractivity contribution in [2.75, 3.05) is 0 Å². The summed E-state index contributed by atoms with van der Waals surface area (Å²) in [6.45, 7) is 2.24. The molecular weight excluding hydrogens is 403 g/mol. The fraction of sp³-hybridized carbons (Fsp3) is 0.333. The van der Waals surface area contributed by atoms with E-state index in [4.69, 9.17) is 4.52 Å². The lowest BCUT2D eigenvalue weighted by Crippen LogP contribution is -2.30. The summed E-state index contributed by atoms with van der Waals surface area (Å²) in [7, 11) is -2.50. The Balaban J connectivity index is 2.10. The molecule has 0 aliphatic rings. The minimum absolute atomic E-state index is 0.435. The molecule has 0 spiro atoms. The molecule has 4 heteroatoms. The summed E-state index contributed by atoms with van der Waals surface area (Å²) in [6.07, 6.45) is 8.22. The molecular formula is C27H33O3P. The van der Waals surface area contributed by atoms with E-state index in [1.54, 1.807) is 0 Å². The van der Waals surface area contributed by atoms with Crippen LogP contribution in [0.15, 0.2) is 84.9 Å². The van der Waals surface area contributed by atoms with Crippen LogP contribution in [-0.2, 0) is 5.41 Å². The van der Waals surface area contributed by atoms with Crippen LogP contribution in [0.5, 0.6) is 5.75 Å². The fourth-order valence-electron chi connectivity index (χ4n) is 4.50. The van der Waals surface area contributed by atoms with Crippen LogP contribution in [0.25, 0.3) is 0 Å². The van der Waals surface area contributed by atoms with Gasteiger partial charge in [-0.25, -0.2) is 0 Å². The number of hydrogen-bond donors (Lipinski definition) is 2. The summed E-state index contributed by atoms with van der Waals surface area (Å²) in [5, 5.41) is 0. The molecule has 164 valence electrons. The molecule has 0 amide bonds. The van der Waals surface area contributed by atoms with Crippen molar-refractivity contribution in [1.82, 2.24) is 0 Å². The first-order valence-corrected chi connectivity index (χ1v) is 12.4. The average Bonchev–Trinajstić information content (AvgIpc) is 2.80. The van der Waals surface area contributed by atoms with Crippen LogP contribution in [0.1, 0.15) is 68.6 Å². The van der Waals surface area contributed by atoms with Gasteiger partial charge < -0.3 is 14.3 Å². The van der Waals surface area contributed by atoms with Crippen molar-refractivity contribution in [3.05, 3.63) is 102 Å². The van der Waals surface area contributed by atoms with Crippen molar-refractivity contribution in [3.63, 3.8) is 0 Å². The minimum Gasteiger partial charge on any atom is -0.427 e. The lowest BCUT2D eigenvalue weighted by molar-refractivity contribution is 0.369. The number of para-hydroxylation sites is 1. The fourth-order valence-corrected chi connectivity index (χ4v) is 4.84. The van der Waals surface area contributed by atoms with E-state index in [0.29, 0.717) is 5.75 Å². The first-order valence-electron chi connectivity index (χ1n) is 11.2. The largest absolute Gasteiger partial charge is 0.427 e. The van der Waals surface area contributed by atoms with Gasteiger partial charge in [0.05, 0.1) is 0 Å². The van der Waals surface area contributed by atoms with Crippen molar-refractivity contribution in [3.8, 4) is 5.75 Å². The molecule has 0 aliphatic carbocycles. The van der Waals surface area contributed by atoms with Crippen molar-refractivity contribution in [1.29, 1.82) is 0 Å². The zero-order valence-corrected chi connectivity index (χ0v) is 19.2. The third kappa shape index (κ3) is 5.95. The zero-order chi connectivity index (χ0) is 21.9. The molecule has 0 heterocycles. The number of benzene rings is 3. The summed E-state index contributed by atoms with van der Waals surface area (Å²) < 4.78 is 5.53. The highest BCUT2D eigenvalue weighted by Crippen LogP contribution is 2.48. The molecule has 3 aromatic rings. The summed E-state index contributed by atoms with van der Waals surface area (Å²) in [5.74, 6) is 0.525. The Bertz CT molecular complexity index is 857. The molecule has 0 bridgehead atoms. The Kier molecular flexibility index (Phi) is 9.09. The molecule has 3 aromatic carbocycles. The van der Waals surface area contributed by atoms with Crippen molar-refractivity contribution >= 4 is 8.60 Å². The van der Waals surface area contributed by atoms with E-state index in [2.05, 4.69) is 61.5 Å². The van der Waals surface area contributed by atoms with Crippen molar-refractivity contribution in [2.24, 2.45) is 0 Å². The maximum Gasteiger partial charge on any atom is 0.391 e. The average molecular weight is 437 g/mol. The smallest absolute Gasteiger partial charge is 0.391 e. The van der Waals surface area contributed by atoms with Gasteiger partial charge in [0, 0.05) is 11.0 Å². The standard InChI is InChI=1S/C27H33O3P/c1-2-3-4-5-6-15-22-27(23-16-9-7-10-17-23,24-18-11-8-12-19-24)25-20-13-14-21-26(25)30-31(28)29/h7-14,16-21,28-29H,2-6,15,22H2,1H3. The summed E-state index contributed by atoms with van der Waals surface area (Å²) in [4.78, 5) is 19.3. The molecule has 0 saturated heterocycles. The van der Waals surface area contributed by atoms with Crippen LogP contribution >= 0.6 is 8.60 Å². The van der Waals surface area contributed by atoms with E-state index >= 15 is 0 Å². The van der Waals surface area contributed by atoms with Crippen molar-refractivity contribution < 1.29 is 14.3 Å². The van der Waals surface area contributed by atoms with E-state index in [9.17, 15) is 9.79 Å². The van der Waals surface area contributed by atoms with Crippen LogP contribution in [0.4, 0.5) is 0 Å². The molecule has 0 fully saturated rings. The summed E-state index contributed by atoms with van der Waals surface area (Å²) >= 11 is 0. The van der Waals surface area contributed by atoms with Gasteiger partial charge in [-0.05, 0) is 23.6 Å². The molecule has 2 N–H and O–H groups in total. The minimum atomic E-state index is -2.50. The van der Waals surface area contributed by atoms with Gasteiger partial charge in [-0.15, -0.1) is 0 Å². The Labute approximate surface area is 187 Å². The highest BCUT2D eigenvalue weighted by molar-refractivity contribution is 7.39. The predicted molar refractivity (Wildman–Crippen MR) is 129 cm³/mol. The Morgan fingerprint density at radius 3 is 1.77 bits per heavy atom. The third-order valence-corrected chi connectivity index (χ3v) is 6.33. The first-order chi connectivity index (χ1) is 15.2. The van der Waals surface area contributed by atoms with E-state index < -0.39 is 14.0 Å². The maximum atomic E-state index is 9.63. The number of unbranched alkanes of at least 4 members (excludes halogenated alkanes) is 5. The molecule has 0 aromatic heterocycles. The van der Waals surface area contributed by atoms with Crippen LogP contribution < -0.4 is 4.52 Å². The van der Waals surface area contributed by atoms with Gasteiger partial charge >= 0.3 is 8.60 Å². The van der Waals surface area contributed by atoms with E-state index in [0.717, 1.165) is 18.4 Å². The number of hydrogen-bond acceptors (Lipinski definition) is 3. The predicted octanol–water partition coefficient (Wildman–Crippen LogP) is 7.36. The van der Waals surface area contributed by atoms with Gasteiger partial charge in [-0.3, -0.25) is 0 Å². The van der Waals surface area contributed by atoms with Crippen LogP contribution in [0, 0.1) is 0 Å². The van der Waals surface area contributed by atoms with Crippen LogP contribution in [0.3, 0.4) is 0 Å². The highest BCUT2D eigenvalue weighted by atomic mass is 31.2. The second-order valence-electron chi connectivity index (χ2n) is 8.00. The molecule has 0 atom stereocenters. The lowest BCUT2D eigenvalue weighted by Gasteiger charge is -2.37. The first kappa shape index (κ1) is 23.5. The SMILES string of the molecule is CCCCCCCCC(c1ccccc1)(c1ccccc1)c1ccccc1OP(O)O. The highest BCUT2D eigenvalue weighted by Gasteiger charge is 2.38. The Hall–Kier alpha value is -2.19. The second kappa shape index (κ2) is 12.0. The molecule has 0 aliphatic heterocycles.